The minimum atomic E-state index is -0.534. The van der Waals surface area contributed by atoms with Gasteiger partial charge in [0.1, 0.15) is 0 Å². The van der Waals surface area contributed by atoms with Crippen LogP contribution in [0.1, 0.15) is 0 Å². The SMILES string of the molecule is CN(C)C(=O)N(O)c1ccc(Br)c(Cl)c1. The van der Waals surface area contributed by atoms with E-state index < -0.39 is 6.03 Å². The lowest BCUT2D eigenvalue weighted by molar-refractivity contribution is 0.182. The summed E-state index contributed by atoms with van der Waals surface area (Å²) in [5, 5.41) is 10.5. The Hall–Kier alpha value is -0.780. The number of carbonyl (C=O) groups is 1. The van der Waals surface area contributed by atoms with Gasteiger partial charge < -0.3 is 4.90 Å². The fourth-order valence-corrected chi connectivity index (χ4v) is 1.34. The molecule has 6 heteroatoms. The molecule has 1 aromatic rings. The Morgan fingerprint density at radius 2 is 2.07 bits per heavy atom. The highest BCUT2D eigenvalue weighted by Crippen LogP contribution is 2.27. The molecule has 1 N–H and O–H groups in total. The van der Waals surface area contributed by atoms with E-state index in [1.807, 2.05) is 0 Å². The molecule has 0 bridgehead atoms. The predicted molar refractivity (Wildman–Crippen MR) is 62.5 cm³/mol. The highest BCUT2D eigenvalue weighted by molar-refractivity contribution is 9.10. The molecular weight excluding hydrogens is 283 g/mol. The summed E-state index contributed by atoms with van der Waals surface area (Å²) in [7, 11) is 3.10. The molecule has 0 aliphatic heterocycles. The maximum Gasteiger partial charge on any atom is 0.348 e. The van der Waals surface area contributed by atoms with E-state index in [-0.39, 0.29) is 0 Å². The van der Waals surface area contributed by atoms with Gasteiger partial charge in [0, 0.05) is 18.6 Å². The van der Waals surface area contributed by atoms with Crippen LogP contribution in [0.2, 0.25) is 5.02 Å². The lowest BCUT2D eigenvalue weighted by atomic mass is 10.3. The third kappa shape index (κ3) is 2.84. The summed E-state index contributed by atoms with van der Waals surface area (Å²) in [6.07, 6.45) is 0. The summed E-state index contributed by atoms with van der Waals surface area (Å²) in [5.41, 5.74) is 0.321. The van der Waals surface area contributed by atoms with Crippen molar-refractivity contribution < 1.29 is 10.0 Å². The molecule has 0 saturated heterocycles. The first-order chi connectivity index (χ1) is 6.93. The number of hydrogen-bond donors (Lipinski definition) is 1. The summed E-state index contributed by atoms with van der Waals surface area (Å²) in [6.45, 7) is 0. The zero-order valence-corrected chi connectivity index (χ0v) is 10.6. The van der Waals surface area contributed by atoms with Crippen molar-refractivity contribution in [1.82, 2.24) is 4.90 Å². The molecule has 0 atom stereocenters. The highest BCUT2D eigenvalue weighted by Gasteiger charge is 2.15. The summed E-state index contributed by atoms with van der Waals surface area (Å²) < 4.78 is 0.707. The standard InChI is InChI=1S/C9H10BrClN2O2/c1-12(2)9(14)13(15)6-3-4-7(10)8(11)5-6/h3-5,15H,1-2H3. The second kappa shape index (κ2) is 4.83. The van der Waals surface area contributed by atoms with Gasteiger partial charge in [-0.05, 0) is 34.1 Å². The number of nitrogens with zero attached hydrogens (tertiary/aromatic N) is 2. The molecule has 0 unspecified atom stereocenters. The van der Waals surface area contributed by atoms with Gasteiger partial charge in [-0.1, -0.05) is 11.6 Å². The van der Waals surface area contributed by atoms with Crippen molar-refractivity contribution in [1.29, 1.82) is 0 Å². The van der Waals surface area contributed by atoms with E-state index in [1.165, 1.54) is 11.0 Å². The Morgan fingerprint density at radius 1 is 1.47 bits per heavy atom. The summed E-state index contributed by atoms with van der Waals surface area (Å²) in [6, 6.07) is 4.20. The number of urea groups is 1. The maximum absolute atomic E-state index is 11.4. The molecule has 1 rings (SSSR count). The number of hydroxylamine groups is 1. The maximum atomic E-state index is 11.4. The molecule has 0 fully saturated rings. The van der Waals surface area contributed by atoms with Gasteiger partial charge in [-0.3, -0.25) is 5.21 Å². The molecule has 0 aliphatic carbocycles. The number of amides is 2. The molecule has 0 saturated carbocycles. The van der Waals surface area contributed by atoms with Crippen LogP contribution >= 0.6 is 27.5 Å². The summed E-state index contributed by atoms with van der Waals surface area (Å²) in [4.78, 5) is 12.6. The van der Waals surface area contributed by atoms with Crippen LogP contribution in [0.3, 0.4) is 0 Å². The molecular formula is C9H10BrClN2O2. The van der Waals surface area contributed by atoms with E-state index in [9.17, 15) is 10.0 Å². The van der Waals surface area contributed by atoms with Gasteiger partial charge in [-0.25, -0.2) is 4.79 Å². The van der Waals surface area contributed by atoms with Crippen LogP contribution < -0.4 is 5.06 Å². The van der Waals surface area contributed by atoms with Crippen LogP contribution in [0.15, 0.2) is 22.7 Å². The van der Waals surface area contributed by atoms with Gasteiger partial charge in [0.15, 0.2) is 0 Å². The van der Waals surface area contributed by atoms with Crippen molar-refractivity contribution in [2.45, 2.75) is 0 Å². The zero-order chi connectivity index (χ0) is 11.6. The molecule has 0 spiro atoms. The van der Waals surface area contributed by atoms with Gasteiger partial charge >= 0.3 is 6.03 Å². The van der Waals surface area contributed by atoms with Crippen LogP contribution in [-0.2, 0) is 0 Å². The van der Waals surface area contributed by atoms with Crippen molar-refractivity contribution in [3.05, 3.63) is 27.7 Å². The van der Waals surface area contributed by atoms with E-state index >= 15 is 0 Å². The first kappa shape index (κ1) is 12.3. The number of carbonyl (C=O) groups excluding carboxylic acids is 1. The lowest BCUT2D eigenvalue weighted by Gasteiger charge is -2.19. The Bertz CT molecular complexity index is 384. The monoisotopic (exact) mass is 292 g/mol. The predicted octanol–water partition coefficient (Wildman–Crippen LogP) is 2.98. The Balaban J connectivity index is 2.97. The molecule has 15 heavy (non-hydrogen) atoms. The highest BCUT2D eigenvalue weighted by atomic mass is 79.9. The third-order valence-electron chi connectivity index (χ3n) is 1.71. The second-order valence-electron chi connectivity index (χ2n) is 3.09. The fourth-order valence-electron chi connectivity index (χ4n) is 0.917. The third-order valence-corrected chi connectivity index (χ3v) is 2.94. The Kier molecular flexibility index (Phi) is 3.96. The molecule has 1 aromatic carbocycles. The lowest BCUT2D eigenvalue weighted by Crippen LogP contribution is -2.36. The molecule has 0 aromatic heterocycles. The van der Waals surface area contributed by atoms with Crippen LogP contribution in [0, 0.1) is 0 Å². The number of rotatable bonds is 1. The van der Waals surface area contributed by atoms with E-state index in [0.29, 0.717) is 20.2 Å². The summed E-state index contributed by atoms with van der Waals surface area (Å²) >= 11 is 9.05. The van der Waals surface area contributed by atoms with Gasteiger partial charge in [-0.2, -0.15) is 5.06 Å². The van der Waals surface area contributed by atoms with Gasteiger partial charge in [0.05, 0.1) is 10.7 Å². The molecule has 4 nitrogen and oxygen atoms in total. The van der Waals surface area contributed by atoms with E-state index in [4.69, 9.17) is 11.6 Å². The first-order valence-corrected chi connectivity index (χ1v) is 5.26. The largest absolute Gasteiger partial charge is 0.348 e. The second-order valence-corrected chi connectivity index (χ2v) is 4.35. The van der Waals surface area contributed by atoms with E-state index in [1.54, 1.807) is 26.2 Å². The van der Waals surface area contributed by atoms with Crippen molar-refractivity contribution in [2.75, 3.05) is 19.2 Å². The Morgan fingerprint density at radius 3 is 2.53 bits per heavy atom. The van der Waals surface area contributed by atoms with Crippen LogP contribution in [0.4, 0.5) is 10.5 Å². The Labute approximate surface area is 101 Å². The van der Waals surface area contributed by atoms with Crippen molar-refractivity contribution >= 4 is 39.2 Å². The van der Waals surface area contributed by atoms with Crippen molar-refractivity contribution in [3.63, 3.8) is 0 Å². The number of hydrogen-bond acceptors (Lipinski definition) is 2. The number of anilines is 1. The molecule has 2 amide bonds. The fraction of sp³-hybridized carbons (Fsp3) is 0.222. The van der Waals surface area contributed by atoms with Crippen LogP contribution in [0.25, 0.3) is 0 Å². The molecule has 0 aliphatic rings. The quantitative estimate of drug-likeness (QED) is 0.639. The zero-order valence-electron chi connectivity index (χ0n) is 8.24. The minimum absolute atomic E-state index is 0.321. The minimum Gasteiger partial charge on any atom is -0.329 e. The van der Waals surface area contributed by atoms with Crippen LogP contribution in [-0.4, -0.2) is 30.2 Å². The average Bonchev–Trinajstić information content (AvgIpc) is 2.19. The molecule has 0 radical (unpaired) electrons. The number of halogens is 2. The first-order valence-electron chi connectivity index (χ1n) is 4.09. The van der Waals surface area contributed by atoms with E-state index in [2.05, 4.69) is 15.9 Å². The molecule has 82 valence electrons. The van der Waals surface area contributed by atoms with Gasteiger partial charge in [0.2, 0.25) is 0 Å². The van der Waals surface area contributed by atoms with Gasteiger partial charge in [0.25, 0.3) is 0 Å². The topological polar surface area (TPSA) is 43.8 Å². The average molecular weight is 294 g/mol. The van der Waals surface area contributed by atoms with Crippen molar-refractivity contribution in [3.8, 4) is 0 Å². The summed E-state index contributed by atoms with van der Waals surface area (Å²) in [5.74, 6) is 0. The van der Waals surface area contributed by atoms with Gasteiger partial charge in [-0.15, -0.1) is 0 Å². The van der Waals surface area contributed by atoms with Crippen molar-refractivity contribution in [2.24, 2.45) is 0 Å². The number of benzene rings is 1. The normalized spacial score (nSPS) is 9.93. The smallest absolute Gasteiger partial charge is 0.329 e. The molecule has 0 heterocycles. The van der Waals surface area contributed by atoms with Crippen LogP contribution in [0.5, 0.6) is 0 Å². The van der Waals surface area contributed by atoms with E-state index in [0.717, 1.165) is 0 Å².